The molecule has 0 atom stereocenters. The van der Waals surface area contributed by atoms with Gasteiger partial charge in [0.2, 0.25) is 0 Å². The SMILES string of the molecule is NN1C(=O)C(=Cc2cc(-c3cc(C(F)(F)F)cc(C(F)(F)F)c3)ccc2OCCN2CCOCC2)SC1=S. The molecule has 2 N–H and O–H groups in total. The summed E-state index contributed by atoms with van der Waals surface area (Å²) >= 11 is 5.94. The predicted octanol–water partition coefficient (Wildman–Crippen LogP) is 5.18. The van der Waals surface area contributed by atoms with E-state index in [1.807, 2.05) is 0 Å². The van der Waals surface area contributed by atoms with Gasteiger partial charge in [0.05, 0.1) is 29.2 Å². The predicted molar refractivity (Wildman–Crippen MR) is 134 cm³/mol. The molecule has 38 heavy (non-hydrogen) atoms. The number of rotatable bonds is 6. The Morgan fingerprint density at radius 2 is 1.63 bits per heavy atom. The average Bonchev–Trinajstić information content (AvgIpc) is 3.10. The maximum Gasteiger partial charge on any atom is 0.416 e. The van der Waals surface area contributed by atoms with Crippen molar-refractivity contribution in [1.29, 1.82) is 0 Å². The first-order valence-corrected chi connectivity index (χ1v) is 12.4. The van der Waals surface area contributed by atoms with Crippen LogP contribution in [0.25, 0.3) is 17.2 Å². The van der Waals surface area contributed by atoms with Crippen molar-refractivity contribution < 1.29 is 40.6 Å². The second-order valence-corrected chi connectivity index (χ2v) is 10.1. The van der Waals surface area contributed by atoms with Gasteiger partial charge in [-0.3, -0.25) is 9.69 Å². The van der Waals surface area contributed by atoms with Gasteiger partial charge in [0, 0.05) is 25.2 Å². The fourth-order valence-electron chi connectivity index (χ4n) is 3.82. The van der Waals surface area contributed by atoms with E-state index < -0.39 is 29.4 Å². The number of hydrogen-bond donors (Lipinski definition) is 1. The topological polar surface area (TPSA) is 68.0 Å². The number of nitrogens with zero attached hydrogens (tertiary/aromatic N) is 2. The molecule has 2 heterocycles. The van der Waals surface area contributed by atoms with E-state index in [0.717, 1.165) is 29.9 Å². The first-order chi connectivity index (χ1) is 17.8. The van der Waals surface area contributed by atoms with Crippen LogP contribution in [0.1, 0.15) is 16.7 Å². The summed E-state index contributed by atoms with van der Waals surface area (Å²) in [7, 11) is 0. The first-order valence-electron chi connectivity index (χ1n) is 11.2. The highest BCUT2D eigenvalue weighted by molar-refractivity contribution is 8.26. The molecule has 2 aromatic rings. The first kappa shape index (κ1) is 28.4. The zero-order valence-electron chi connectivity index (χ0n) is 19.6. The standard InChI is InChI=1S/C24H21F6N3O3S2/c25-23(26,27)17-10-15(11-18(13-17)24(28,29)30)14-1-2-19(36-8-5-32-3-6-35-7-4-32)16(9-14)12-20-21(34)33(31)22(37)38-20/h1-2,9-13H,3-8,31H2. The van der Waals surface area contributed by atoms with E-state index in [1.54, 1.807) is 0 Å². The number of halogens is 6. The van der Waals surface area contributed by atoms with Crippen LogP contribution in [-0.4, -0.2) is 59.6 Å². The van der Waals surface area contributed by atoms with E-state index in [-0.39, 0.29) is 44.3 Å². The monoisotopic (exact) mass is 577 g/mol. The van der Waals surface area contributed by atoms with Crippen LogP contribution in [0.3, 0.4) is 0 Å². The van der Waals surface area contributed by atoms with Gasteiger partial charge in [0.15, 0.2) is 4.32 Å². The number of thiocarbonyl (C=S) groups is 1. The lowest BCUT2D eigenvalue weighted by molar-refractivity contribution is -0.143. The van der Waals surface area contributed by atoms with Crippen molar-refractivity contribution in [3.05, 3.63) is 58.0 Å². The summed E-state index contributed by atoms with van der Waals surface area (Å²) in [5.74, 6) is 5.31. The second kappa shape index (κ2) is 11.2. The molecule has 0 aromatic heterocycles. The number of ether oxygens (including phenoxy) is 2. The van der Waals surface area contributed by atoms with Gasteiger partial charge in [-0.05, 0) is 47.5 Å². The summed E-state index contributed by atoms with van der Waals surface area (Å²) in [6, 6.07) is 5.53. The van der Waals surface area contributed by atoms with Crippen molar-refractivity contribution in [3.8, 4) is 16.9 Å². The fraction of sp³-hybridized carbons (Fsp3) is 0.333. The van der Waals surface area contributed by atoms with Crippen molar-refractivity contribution in [3.63, 3.8) is 0 Å². The highest BCUT2D eigenvalue weighted by atomic mass is 32.2. The third kappa shape index (κ3) is 6.67. The van der Waals surface area contributed by atoms with Gasteiger partial charge >= 0.3 is 12.4 Å². The molecule has 0 bridgehead atoms. The molecule has 204 valence electrons. The van der Waals surface area contributed by atoms with Crippen LogP contribution in [0.5, 0.6) is 5.75 Å². The second-order valence-electron chi connectivity index (χ2n) is 8.40. The minimum absolute atomic E-state index is 0.0663. The van der Waals surface area contributed by atoms with E-state index in [1.165, 1.54) is 24.3 Å². The van der Waals surface area contributed by atoms with Crippen LogP contribution in [-0.2, 0) is 21.9 Å². The average molecular weight is 578 g/mol. The minimum atomic E-state index is -4.99. The molecule has 1 amide bonds. The van der Waals surface area contributed by atoms with Crippen LogP contribution in [0.2, 0.25) is 0 Å². The summed E-state index contributed by atoms with van der Waals surface area (Å²) in [6.07, 6.45) is -8.58. The van der Waals surface area contributed by atoms with Crippen molar-refractivity contribution in [2.45, 2.75) is 12.4 Å². The Kier molecular flexibility index (Phi) is 8.37. The molecule has 0 spiro atoms. The van der Waals surface area contributed by atoms with Crippen LogP contribution in [0, 0.1) is 0 Å². The molecule has 0 radical (unpaired) electrons. The third-order valence-corrected chi connectivity index (χ3v) is 7.14. The Bertz CT molecular complexity index is 1230. The van der Waals surface area contributed by atoms with Gasteiger partial charge in [-0.15, -0.1) is 0 Å². The van der Waals surface area contributed by atoms with Gasteiger partial charge in [0.1, 0.15) is 12.4 Å². The summed E-state index contributed by atoms with van der Waals surface area (Å²) in [5, 5.41) is 0.775. The zero-order valence-corrected chi connectivity index (χ0v) is 21.2. The highest BCUT2D eigenvalue weighted by Crippen LogP contribution is 2.40. The summed E-state index contributed by atoms with van der Waals surface area (Å²) in [6.45, 7) is 3.46. The molecule has 2 saturated heterocycles. The number of amides is 1. The Hall–Kier alpha value is -2.65. The summed E-state index contributed by atoms with van der Waals surface area (Å²) < 4.78 is 91.7. The Morgan fingerprint density at radius 1 is 1.00 bits per heavy atom. The van der Waals surface area contributed by atoms with Crippen LogP contribution in [0.4, 0.5) is 26.3 Å². The number of carbonyl (C=O) groups is 1. The van der Waals surface area contributed by atoms with Crippen molar-refractivity contribution >= 4 is 40.3 Å². The number of hydrogen-bond acceptors (Lipinski definition) is 7. The smallest absolute Gasteiger partial charge is 0.416 e. The quantitative estimate of drug-likeness (QED) is 0.167. The van der Waals surface area contributed by atoms with Gasteiger partial charge in [0.25, 0.3) is 5.91 Å². The Morgan fingerprint density at radius 3 is 2.18 bits per heavy atom. The highest BCUT2D eigenvalue weighted by Gasteiger charge is 2.37. The maximum atomic E-state index is 13.4. The van der Waals surface area contributed by atoms with Crippen molar-refractivity contribution in [1.82, 2.24) is 9.91 Å². The molecule has 0 saturated carbocycles. The lowest BCUT2D eigenvalue weighted by Crippen LogP contribution is -2.38. The molecule has 0 unspecified atom stereocenters. The van der Waals surface area contributed by atoms with E-state index in [9.17, 15) is 31.1 Å². The largest absolute Gasteiger partial charge is 0.492 e. The molecule has 14 heteroatoms. The van der Waals surface area contributed by atoms with E-state index in [0.29, 0.717) is 31.9 Å². The van der Waals surface area contributed by atoms with E-state index >= 15 is 0 Å². The number of nitrogens with two attached hydrogens (primary N) is 1. The maximum absolute atomic E-state index is 13.4. The fourth-order valence-corrected chi connectivity index (χ4v) is 4.92. The third-order valence-electron chi connectivity index (χ3n) is 5.81. The van der Waals surface area contributed by atoms with Gasteiger partial charge < -0.3 is 9.47 Å². The van der Waals surface area contributed by atoms with E-state index in [4.69, 9.17) is 27.5 Å². The van der Waals surface area contributed by atoms with Crippen LogP contribution in [0.15, 0.2) is 41.3 Å². The Balaban J connectivity index is 1.72. The van der Waals surface area contributed by atoms with Gasteiger partial charge in [-0.2, -0.15) is 26.3 Å². The lowest BCUT2D eigenvalue weighted by atomic mass is 9.97. The molecule has 2 aliphatic heterocycles. The number of hydrazine groups is 1. The minimum Gasteiger partial charge on any atom is -0.492 e. The number of carbonyl (C=O) groups excluding carboxylic acids is 1. The molecule has 2 aromatic carbocycles. The van der Waals surface area contributed by atoms with Crippen molar-refractivity contribution in [2.75, 3.05) is 39.5 Å². The molecule has 4 rings (SSSR count). The summed E-state index contributed by atoms with van der Waals surface area (Å²) in [4.78, 5) is 14.7. The molecule has 6 nitrogen and oxygen atoms in total. The Labute approximate surface area is 223 Å². The molecular formula is C24H21F6N3O3S2. The summed E-state index contributed by atoms with van der Waals surface area (Å²) in [5.41, 5.74) is -2.83. The van der Waals surface area contributed by atoms with Crippen LogP contribution >= 0.6 is 24.0 Å². The van der Waals surface area contributed by atoms with E-state index in [2.05, 4.69) is 4.90 Å². The number of morpholine rings is 1. The number of benzene rings is 2. The number of thioether (sulfide) groups is 1. The normalized spacial score (nSPS) is 18.5. The molecule has 2 fully saturated rings. The molecule has 0 aliphatic carbocycles. The zero-order chi connectivity index (χ0) is 27.7. The molecular weight excluding hydrogens is 556 g/mol. The molecule has 2 aliphatic rings. The number of alkyl halides is 6. The lowest BCUT2D eigenvalue weighted by Gasteiger charge is -2.26. The van der Waals surface area contributed by atoms with Crippen molar-refractivity contribution in [2.24, 2.45) is 5.84 Å². The van der Waals surface area contributed by atoms with Gasteiger partial charge in [-0.1, -0.05) is 30.0 Å². The van der Waals surface area contributed by atoms with Crippen LogP contribution < -0.4 is 10.6 Å². The van der Waals surface area contributed by atoms with Gasteiger partial charge in [-0.25, -0.2) is 10.9 Å².